The van der Waals surface area contributed by atoms with E-state index in [4.69, 9.17) is 4.74 Å². The molecule has 3 aromatic carbocycles. The molecule has 1 aromatic heterocycles. The minimum atomic E-state index is -0.307. The van der Waals surface area contributed by atoms with E-state index in [9.17, 15) is 9.18 Å². The van der Waals surface area contributed by atoms with Crippen molar-refractivity contribution in [3.05, 3.63) is 88.0 Å². The van der Waals surface area contributed by atoms with Gasteiger partial charge in [0.05, 0.1) is 10.2 Å². The van der Waals surface area contributed by atoms with E-state index in [-0.39, 0.29) is 18.3 Å². The summed E-state index contributed by atoms with van der Waals surface area (Å²) in [5, 5.41) is 3.24. The molecule has 0 spiro atoms. The van der Waals surface area contributed by atoms with Crippen molar-refractivity contribution in [2.24, 2.45) is 0 Å². The van der Waals surface area contributed by atoms with E-state index >= 15 is 0 Å². The second kappa shape index (κ2) is 9.41. The molecule has 0 aliphatic heterocycles. The number of hydrogen-bond acceptors (Lipinski definition) is 4. The molecule has 0 saturated carbocycles. The van der Waals surface area contributed by atoms with Crippen molar-refractivity contribution < 1.29 is 13.9 Å². The van der Waals surface area contributed by atoms with Crippen LogP contribution in [0, 0.1) is 12.7 Å². The van der Waals surface area contributed by atoms with Crippen molar-refractivity contribution in [3.8, 4) is 28.1 Å². The molecule has 0 saturated heterocycles. The molecule has 0 radical (unpaired) electrons. The summed E-state index contributed by atoms with van der Waals surface area (Å²) < 4.78 is 19.6. The van der Waals surface area contributed by atoms with Gasteiger partial charge in [-0.1, -0.05) is 36.4 Å². The molecule has 0 aliphatic carbocycles. The first-order valence-corrected chi connectivity index (χ1v) is 11.1. The fourth-order valence-electron chi connectivity index (χ4n) is 3.05. The first-order valence-electron chi connectivity index (χ1n) is 9.50. The summed E-state index contributed by atoms with van der Waals surface area (Å²) in [5.74, 6) is -0.0270. The molecule has 0 fully saturated rings. The molecule has 7 heteroatoms. The van der Waals surface area contributed by atoms with Crippen LogP contribution in [0.1, 0.15) is 4.88 Å². The maximum Gasteiger partial charge on any atom is 0.264 e. The first-order chi connectivity index (χ1) is 15.0. The molecule has 1 amide bonds. The van der Waals surface area contributed by atoms with E-state index < -0.39 is 0 Å². The monoisotopic (exact) mass is 496 g/mol. The van der Waals surface area contributed by atoms with Gasteiger partial charge in [0.15, 0.2) is 11.7 Å². The zero-order chi connectivity index (χ0) is 21.8. The van der Waals surface area contributed by atoms with Gasteiger partial charge in [0.1, 0.15) is 11.6 Å². The third kappa shape index (κ3) is 5.18. The first kappa shape index (κ1) is 21.2. The number of hydrogen-bond donors (Lipinski definition) is 1. The Hall–Kier alpha value is -3.03. The number of rotatable bonds is 6. The second-order valence-electron chi connectivity index (χ2n) is 6.78. The predicted molar refractivity (Wildman–Crippen MR) is 126 cm³/mol. The summed E-state index contributed by atoms with van der Waals surface area (Å²) in [6, 6.07) is 21.9. The van der Waals surface area contributed by atoms with Crippen LogP contribution >= 0.6 is 27.3 Å². The van der Waals surface area contributed by atoms with Gasteiger partial charge < -0.3 is 4.74 Å². The summed E-state index contributed by atoms with van der Waals surface area (Å²) in [6.45, 7) is 1.77. The maximum absolute atomic E-state index is 13.1. The molecule has 1 N–H and O–H groups in total. The lowest BCUT2D eigenvalue weighted by atomic mass is 10.1. The third-order valence-corrected chi connectivity index (χ3v) is 6.06. The number of aryl methyl sites for hydroxylation is 1. The smallest absolute Gasteiger partial charge is 0.264 e. The molecule has 31 heavy (non-hydrogen) atoms. The number of carbonyl (C=O) groups is 1. The van der Waals surface area contributed by atoms with Crippen molar-refractivity contribution in [2.75, 3.05) is 11.9 Å². The Balaban J connectivity index is 1.39. The summed E-state index contributed by atoms with van der Waals surface area (Å²) in [5.41, 5.74) is 3.68. The summed E-state index contributed by atoms with van der Waals surface area (Å²) >= 11 is 4.88. The minimum Gasteiger partial charge on any atom is -0.483 e. The van der Waals surface area contributed by atoms with Gasteiger partial charge in [-0.05, 0) is 70.4 Å². The van der Waals surface area contributed by atoms with Gasteiger partial charge >= 0.3 is 0 Å². The van der Waals surface area contributed by atoms with Gasteiger partial charge in [-0.2, -0.15) is 0 Å². The Kier molecular flexibility index (Phi) is 6.44. The van der Waals surface area contributed by atoms with Crippen LogP contribution in [-0.4, -0.2) is 17.5 Å². The van der Waals surface area contributed by atoms with E-state index in [1.807, 2.05) is 55.5 Å². The molecular formula is C24H18BrFN2O2S. The fourth-order valence-corrected chi connectivity index (χ4v) is 4.40. The van der Waals surface area contributed by atoms with Gasteiger partial charge in [-0.3, -0.25) is 10.1 Å². The van der Waals surface area contributed by atoms with Crippen LogP contribution in [0.3, 0.4) is 0 Å². The minimum absolute atomic E-state index is 0.145. The zero-order valence-corrected chi connectivity index (χ0v) is 19.0. The highest BCUT2D eigenvalue weighted by Crippen LogP contribution is 2.32. The highest BCUT2D eigenvalue weighted by Gasteiger charge is 2.13. The molecule has 4 aromatic rings. The van der Waals surface area contributed by atoms with Crippen molar-refractivity contribution in [1.29, 1.82) is 0 Å². The molecule has 4 nitrogen and oxygen atoms in total. The standard InChI is InChI=1S/C24H18BrFN2O2S/c1-15-23(17-7-10-19(26)11-8-17)28-24(31-15)27-22(29)14-30-21-12-9-18(13-20(21)25)16-5-3-2-4-6-16/h2-13H,14H2,1H3,(H,27,28,29). The molecule has 0 atom stereocenters. The Bertz CT molecular complexity index is 1210. The van der Waals surface area contributed by atoms with Gasteiger partial charge in [0, 0.05) is 10.4 Å². The molecule has 0 bridgehead atoms. The van der Waals surface area contributed by atoms with E-state index in [0.717, 1.165) is 31.7 Å². The van der Waals surface area contributed by atoms with Gasteiger partial charge in [0.2, 0.25) is 0 Å². The number of thiazole rings is 1. The number of halogens is 2. The van der Waals surface area contributed by atoms with E-state index in [0.29, 0.717) is 10.9 Å². The lowest BCUT2D eigenvalue weighted by Gasteiger charge is -2.10. The molecule has 0 unspecified atom stereocenters. The predicted octanol–water partition coefficient (Wildman–Crippen LogP) is 6.70. The topological polar surface area (TPSA) is 51.2 Å². The van der Waals surface area contributed by atoms with Crippen LogP contribution in [0.25, 0.3) is 22.4 Å². The molecule has 156 valence electrons. The van der Waals surface area contributed by atoms with E-state index in [1.165, 1.54) is 23.5 Å². The van der Waals surface area contributed by atoms with Crippen molar-refractivity contribution in [2.45, 2.75) is 6.92 Å². The number of amides is 1. The largest absolute Gasteiger partial charge is 0.483 e. The Morgan fingerprint density at radius 2 is 1.74 bits per heavy atom. The van der Waals surface area contributed by atoms with Crippen molar-refractivity contribution >= 4 is 38.3 Å². The highest BCUT2D eigenvalue weighted by atomic mass is 79.9. The van der Waals surface area contributed by atoms with E-state index in [1.54, 1.807) is 12.1 Å². The quantitative estimate of drug-likeness (QED) is 0.322. The number of benzene rings is 3. The summed E-state index contributed by atoms with van der Waals surface area (Å²) in [7, 11) is 0. The lowest BCUT2D eigenvalue weighted by molar-refractivity contribution is -0.118. The number of anilines is 1. The second-order valence-corrected chi connectivity index (χ2v) is 8.84. The Morgan fingerprint density at radius 1 is 1.03 bits per heavy atom. The molecular weight excluding hydrogens is 479 g/mol. The summed E-state index contributed by atoms with van der Waals surface area (Å²) in [4.78, 5) is 17.8. The lowest BCUT2D eigenvalue weighted by Crippen LogP contribution is -2.20. The van der Waals surface area contributed by atoms with Crippen LogP contribution in [0.4, 0.5) is 9.52 Å². The number of nitrogens with one attached hydrogen (secondary N) is 1. The average molecular weight is 497 g/mol. The van der Waals surface area contributed by atoms with Crippen LogP contribution in [0.2, 0.25) is 0 Å². The maximum atomic E-state index is 13.1. The normalized spacial score (nSPS) is 10.7. The number of carbonyl (C=O) groups excluding carboxylic acids is 1. The van der Waals surface area contributed by atoms with E-state index in [2.05, 4.69) is 26.2 Å². The van der Waals surface area contributed by atoms with Crippen LogP contribution in [0.15, 0.2) is 77.3 Å². The van der Waals surface area contributed by atoms with Crippen LogP contribution in [-0.2, 0) is 4.79 Å². The van der Waals surface area contributed by atoms with Gasteiger partial charge in [0.25, 0.3) is 5.91 Å². The number of aromatic nitrogens is 1. The Morgan fingerprint density at radius 3 is 2.45 bits per heavy atom. The fraction of sp³-hybridized carbons (Fsp3) is 0.0833. The SMILES string of the molecule is Cc1sc(NC(=O)COc2ccc(-c3ccccc3)cc2Br)nc1-c1ccc(F)cc1. The van der Waals surface area contributed by atoms with Crippen molar-refractivity contribution in [1.82, 2.24) is 4.98 Å². The Labute approximate surface area is 191 Å². The van der Waals surface area contributed by atoms with Gasteiger partial charge in [-0.25, -0.2) is 9.37 Å². The number of nitrogens with zero attached hydrogens (tertiary/aromatic N) is 1. The van der Waals surface area contributed by atoms with Gasteiger partial charge in [-0.15, -0.1) is 11.3 Å². The number of ether oxygens (including phenoxy) is 1. The molecule has 4 rings (SSSR count). The highest BCUT2D eigenvalue weighted by molar-refractivity contribution is 9.10. The molecule has 1 heterocycles. The zero-order valence-electron chi connectivity index (χ0n) is 16.6. The average Bonchev–Trinajstić information content (AvgIpc) is 3.13. The van der Waals surface area contributed by atoms with Crippen molar-refractivity contribution in [3.63, 3.8) is 0 Å². The molecule has 0 aliphatic rings. The summed E-state index contributed by atoms with van der Waals surface area (Å²) in [6.07, 6.45) is 0. The third-order valence-electron chi connectivity index (χ3n) is 4.56. The van der Waals surface area contributed by atoms with Crippen LogP contribution < -0.4 is 10.1 Å². The van der Waals surface area contributed by atoms with Crippen LogP contribution in [0.5, 0.6) is 5.75 Å².